The summed E-state index contributed by atoms with van der Waals surface area (Å²) < 4.78 is 5.77. The smallest absolute Gasteiger partial charge is 0.221 e. The molecule has 3 N–H and O–H groups in total. The predicted octanol–water partition coefficient (Wildman–Crippen LogP) is 2.03. The first kappa shape index (κ1) is 12.1. The Hall–Kier alpha value is -1.36. The molecular formula is C12H20N4O. The number of nitrogens with two attached hydrogens (primary N) is 1. The normalized spacial score (nSPS) is 16.8. The molecule has 0 radical (unpaired) electrons. The van der Waals surface area contributed by atoms with Gasteiger partial charge in [0.2, 0.25) is 5.88 Å². The Morgan fingerprint density at radius 3 is 2.82 bits per heavy atom. The van der Waals surface area contributed by atoms with E-state index in [9.17, 15) is 0 Å². The lowest BCUT2D eigenvalue weighted by Crippen LogP contribution is -2.17. The van der Waals surface area contributed by atoms with Gasteiger partial charge < -0.3 is 10.2 Å². The van der Waals surface area contributed by atoms with Crippen molar-refractivity contribution in [2.75, 3.05) is 12.0 Å². The maximum atomic E-state index is 5.77. The number of nitrogen functional groups attached to an aromatic ring is 1. The lowest BCUT2D eigenvalue weighted by Gasteiger charge is -2.21. The third kappa shape index (κ3) is 3.06. The number of nitrogens with zero attached hydrogens (tertiary/aromatic N) is 2. The monoisotopic (exact) mass is 236 g/mol. The van der Waals surface area contributed by atoms with Crippen molar-refractivity contribution in [1.29, 1.82) is 0 Å². The molecule has 0 bridgehead atoms. The van der Waals surface area contributed by atoms with E-state index in [0.717, 1.165) is 12.2 Å². The molecule has 0 saturated heterocycles. The Morgan fingerprint density at radius 2 is 2.12 bits per heavy atom. The molecule has 1 saturated carbocycles. The van der Waals surface area contributed by atoms with Gasteiger partial charge in [-0.1, -0.05) is 19.3 Å². The molecule has 0 atom stereocenters. The lowest BCUT2D eigenvalue weighted by molar-refractivity contribution is 0.201. The van der Waals surface area contributed by atoms with Crippen LogP contribution in [0.25, 0.3) is 0 Å². The molecule has 1 aromatic heterocycles. The fourth-order valence-electron chi connectivity index (χ4n) is 2.28. The van der Waals surface area contributed by atoms with Crippen molar-refractivity contribution < 1.29 is 4.74 Å². The minimum absolute atomic E-state index is 0.624. The first-order valence-electron chi connectivity index (χ1n) is 6.22. The highest BCUT2D eigenvalue weighted by Gasteiger charge is 2.15. The molecule has 0 spiro atoms. The van der Waals surface area contributed by atoms with Crippen LogP contribution in [0, 0.1) is 12.8 Å². The van der Waals surface area contributed by atoms with Gasteiger partial charge in [0.25, 0.3) is 0 Å². The number of ether oxygens (including phenoxy) is 1. The van der Waals surface area contributed by atoms with Crippen LogP contribution in [-0.4, -0.2) is 16.6 Å². The van der Waals surface area contributed by atoms with E-state index in [1.807, 2.05) is 6.92 Å². The molecular weight excluding hydrogens is 216 g/mol. The SMILES string of the molecule is Cc1c(NN)ncnc1OCC1CCCCC1. The zero-order valence-corrected chi connectivity index (χ0v) is 10.3. The van der Waals surface area contributed by atoms with Crippen LogP contribution in [-0.2, 0) is 0 Å². The van der Waals surface area contributed by atoms with E-state index in [2.05, 4.69) is 15.4 Å². The summed E-state index contributed by atoms with van der Waals surface area (Å²) in [6, 6.07) is 0. The first-order chi connectivity index (χ1) is 8.31. The van der Waals surface area contributed by atoms with E-state index in [0.29, 0.717) is 17.6 Å². The number of hydrazine groups is 1. The number of hydrogen-bond donors (Lipinski definition) is 2. The van der Waals surface area contributed by atoms with Gasteiger partial charge in [0.05, 0.1) is 12.2 Å². The average Bonchev–Trinajstić information content (AvgIpc) is 2.39. The molecule has 0 unspecified atom stereocenters. The Balaban J connectivity index is 1.93. The van der Waals surface area contributed by atoms with Crippen molar-refractivity contribution in [2.24, 2.45) is 11.8 Å². The highest BCUT2D eigenvalue weighted by Crippen LogP contribution is 2.25. The Labute approximate surface area is 102 Å². The fraction of sp³-hybridized carbons (Fsp3) is 0.667. The van der Waals surface area contributed by atoms with Crippen LogP contribution in [0.4, 0.5) is 5.82 Å². The summed E-state index contributed by atoms with van der Waals surface area (Å²) in [6.45, 7) is 2.66. The maximum Gasteiger partial charge on any atom is 0.221 e. The zero-order chi connectivity index (χ0) is 12.1. The summed E-state index contributed by atoms with van der Waals surface area (Å²) in [5, 5.41) is 0. The summed E-state index contributed by atoms with van der Waals surface area (Å²) in [4.78, 5) is 8.17. The lowest BCUT2D eigenvalue weighted by atomic mass is 9.90. The molecule has 1 aromatic rings. The quantitative estimate of drug-likeness (QED) is 0.618. The molecule has 5 heteroatoms. The standard InChI is InChI=1S/C12H20N4O/c1-9-11(16-13)14-8-15-12(9)17-7-10-5-3-2-4-6-10/h8,10H,2-7,13H2,1H3,(H,14,15,16). The molecule has 17 heavy (non-hydrogen) atoms. The molecule has 0 aromatic carbocycles. The second-order valence-electron chi connectivity index (χ2n) is 4.61. The Bertz CT molecular complexity index is 364. The zero-order valence-electron chi connectivity index (χ0n) is 10.3. The van der Waals surface area contributed by atoms with Gasteiger partial charge in [-0.25, -0.2) is 15.8 Å². The molecule has 0 aliphatic heterocycles. The minimum Gasteiger partial charge on any atom is -0.477 e. The van der Waals surface area contributed by atoms with Crippen LogP contribution in [0.2, 0.25) is 0 Å². The number of aromatic nitrogens is 2. The summed E-state index contributed by atoms with van der Waals surface area (Å²) in [5.41, 5.74) is 3.41. The molecule has 1 aliphatic rings. The van der Waals surface area contributed by atoms with Gasteiger partial charge in [-0.05, 0) is 25.7 Å². The van der Waals surface area contributed by atoms with Crippen molar-refractivity contribution in [3.8, 4) is 5.88 Å². The summed E-state index contributed by atoms with van der Waals surface area (Å²) in [6.07, 6.45) is 8.03. The van der Waals surface area contributed by atoms with Gasteiger partial charge in [0.15, 0.2) is 0 Å². The van der Waals surface area contributed by atoms with Gasteiger partial charge in [-0.2, -0.15) is 0 Å². The highest BCUT2D eigenvalue weighted by atomic mass is 16.5. The summed E-state index contributed by atoms with van der Waals surface area (Å²) in [7, 11) is 0. The average molecular weight is 236 g/mol. The van der Waals surface area contributed by atoms with Crippen LogP contribution in [0.3, 0.4) is 0 Å². The third-order valence-electron chi connectivity index (χ3n) is 3.36. The predicted molar refractivity (Wildman–Crippen MR) is 66.6 cm³/mol. The molecule has 1 aliphatic carbocycles. The second-order valence-corrected chi connectivity index (χ2v) is 4.61. The van der Waals surface area contributed by atoms with Crippen molar-refractivity contribution in [3.63, 3.8) is 0 Å². The highest BCUT2D eigenvalue weighted by molar-refractivity contribution is 5.46. The van der Waals surface area contributed by atoms with Crippen molar-refractivity contribution in [2.45, 2.75) is 39.0 Å². The molecule has 0 amide bonds. The first-order valence-corrected chi connectivity index (χ1v) is 6.22. The molecule has 94 valence electrons. The van der Waals surface area contributed by atoms with Gasteiger partial charge >= 0.3 is 0 Å². The summed E-state index contributed by atoms with van der Waals surface area (Å²) >= 11 is 0. The molecule has 1 fully saturated rings. The molecule has 2 rings (SSSR count). The largest absolute Gasteiger partial charge is 0.477 e. The minimum atomic E-state index is 0.624. The van der Waals surface area contributed by atoms with Crippen LogP contribution in [0.5, 0.6) is 5.88 Å². The van der Waals surface area contributed by atoms with Crippen molar-refractivity contribution in [3.05, 3.63) is 11.9 Å². The molecule has 5 nitrogen and oxygen atoms in total. The van der Waals surface area contributed by atoms with Crippen LogP contribution in [0.15, 0.2) is 6.33 Å². The topological polar surface area (TPSA) is 73.1 Å². The van der Waals surface area contributed by atoms with E-state index in [1.54, 1.807) is 0 Å². The Kier molecular flexibility index (Phi) is 4.14. The van der Waals surface area contributed by atoms with E-state index in [1.165, 1.54) is 38.4 Å². The van der Waals surface area contributed by atoms with Gasteiger partial charge in [-0.3, -0.25) is 0 Å². The van der Waals surface area contributed by atoms with Crippen LogP contribution >= 0.6 is 0 Å². The van der Waals surface area contributed by atoms with E-state index in [-0.39, 0.29) is 0 Å². The second kappa shape index (κ2) is 5.82. The number of rotatable bonds is 4. The third-order valence-corrected chi connectivity index (χ3v) is 3.36. The maximum absolute atomic E-state index is 5.77. The van der Waals surface area contributed by atoms with E-state index >= 15 is 0 Å². The fourth-order valence-corrected chi connectivity index (χ4v) is 2.28. The van der Waals surface area contributed by atoms with Crippen molar-refractivity contribution in [1.82, 2.24) is 9.97 Å². The van der Waals surface area contributed by atoms with Gasteiger partial charge in [0.1, 0.15) is 12.1 Å². The van der Waals surface area contributed by atoms with Crippen LogP contribution in [0.1, 0.15) is 37.7 Å². The number of hydrogen-bond acceptors (Lipinski definition) is 5. The summed E-state index contributed by atoms with van der Waals surface area (Å²) in [5.74, 6) is 7.30. The van der Waals surface area contributed by atoms with Crippen molar-refractivity contribution >= 4 is 5.82 Å². The van der Waals surface area contributed by atoms with E-state index in [4.69, 9.17) is 10.6 Å². The van der Waals surface area contributed by atoms with Gasteiger partial charge in [0, 0.05) is 0 Å². The van der Waals surface area contributed by atoms with Gasteiger partial charge in [-0.15, -0.1) is 0 Å². The number of nitrogens with one attached hydrogen (secondary N) is 1. The van der Waals surface area contributed by atoms with E-state index < -0.39 is 0 Å². The number of anilines is 1. The Morgan fingerprint density at radius 1 is 1.35 bits per heavy atom. The molecule has 1 heterocycles. The van der Waals surface area contributed by atoms with Crippen LogP contribution < -0.4 is 16.0 Å².